The Morgan fingerprint density at radius 1 is 1.05 bits per heavy atom. The number of hydrogen-bond acceptors (Lipinski definition) is 2. The molecule has 19 heavy (non-hydrogen) atoms. The third-order valence-electron chi connectivity index (χ3n) is 3.02. The minimum absolute atomic E-state index is 0.109. The van der Waals surface area contributed by atoms with Crippen LogP contribution in [0.1, 0.15) is 22.7 Å². The molecule has 0 amide bonds. The van der Waals surface area contributed by atoms with Crippen LogP contribution in [0.3, 0.4) is 0 Å². The number of halogens is 2. The summed E-state index contributed by atoms with van der Waals surface area (Å²) in [5.74, 6) is 5.71. The highest BCUT2D eigenvalue weighted by molar-refractivity contribution is 9.10. The van der Waals surface area contributed by atoms with Gasteiger partial charge < -0.3 is 0 Å². The van der Waals surface area contributed by atoms with E-state index in [0.717, 1.165) is 15.4 Å². The van der Waals surface area contributed by atoms with Crippen molar-refractivity contribution < 1.29 is 0 Å². The highest BCUT2D eigenvalue weighted by Gasteiger charge is 2.11. The first-order valence-electron chi connectivity index (χ1n) is 6.06. The molecule has 3 N–H and O–H groups in total. The van der Waals surface area contributed by atoms with Gasteiger partial charge in [-0.05, 0) is 54.3 Å². The smallest absolute Gasteiger partial charge is 0.0500 e. The number of nitrogens with one attached hydrogen (secondary N) is 1. The van der Waals surface area contributed by atoms with Gasteiger partial charge in [-0.15, -0.1) is 0 Å². The minimum atomic E-state index is 0.109. The predicted octanol–water partition coefficient (Wildman–Crippen LogP) is 4.27. The first-order valence-corrected chi connectivity index (χ1v) is 7.65. The molecular weight excluding hydrogens is 368 g/mol. The molecule has 0 aliphatic carbocycles. The van der Waals surface area contributed by atoms with Gasteiger partial charge in [0.05, 0.1) is 6.04 Å². The lowest BCUT2D eigenvalue weighted by Crippen LogP contribution is -2.29. The maximum atomic E-state index is 5.71. The van der Waals surface area contributed by atoms with Gasteiger partial charge in [0, 0.05) is 8.95 Å². The molecule has 4 heteroatoms. The summed E-state index contributed by atoms with van der Waals surface area (Å²) in [7, 11) is 0. The molecule has 2 rings (SSSR count). The monoisotopic (exact) mass is 382 g/mol. The molecular formula is C15H16Br2N2. The second kappa shape index (κ2) is 6.66. The molecule has 0 heterocycles. The standard InChI is InChI=1S/C15H16Br2N2/c1-10-6-12(9-14(17)7-10)15(19-18)8-11-2-4-13(16)5-3-11/h2-7,9,15,19H,8,18H2,1H3. The summed E-state index contributed by atoms with van der Waals surface area (Å²) in [6.45, 7) is 2.08. The van der Waals surface area contributed by atoms with Gasteiger partial charge in [-0.1, -0.05) is 50.1 Å². The molecule has 0 radical (unpaired) electrons. The van der Waals surface area contributed by atoms with Crippen molar-refractivity contribution in [2.45, 2.75) is 19.4 Å². The Morgan fingerprint density at radius 3 is 2.32 bits per heavy atom. The molecule has 0 aliphatic rings. The van der Waals surface area contributed by atoms with Gasteiger partial charge >= 0.3 is 0 Å². The molecule has 0 fully saturated rings. The zero-order valence-corrected chi connectivity index (χ0v) is 13.8. The van der Waals surface area contributed by atoms with Crippen LogP contribution in [-0.2, 0) is 6.42 Å². The summed E-state index contributed by atoms with van der Waals surface area (Å²) >= 11 is 6.98. The Bertz CT molecular complexity index is 532. The van der Waals surface area contributed by atoms with Crippen molar-refractivity contribution in [2.24, 2.45) is 5.84 Å². The maximum absolute atomic E-state index is 5.71. The van der Waals surface area contributed by atoms with Crippen LogP contribution in [0.4, 0.5) is 0 Å². The van der Waals surface area contributed by atoms with Gasteiger partial charge in [0.15, 0.2) is 0 Å². The van der Waals surface area contributed by atoms with Crippen molar-refractivity contribution in [1.82, 2.24) is 5.43 Å². The van der Waals surface area contributed by atoms with Gasteiger partial charge in [0.2, 0.25) is 0 Å². The molecule has 2 aromatic carbocycles. The summed E-state index contributed by atoms with van der Waals surface area (Å²) in [4.78, 5) is 0. The minimum Gasteiger partial charge on any atom is -0.271 e. The van der Waals surface area contributed by atoms with Crippen molar-refractivity contribution >= 4 is 31.9 Å². The molecule has 0 bridgehead atoms. The van der Waals surface area contributed by atoms with Gasteiger partial charge in [0.25, 0.3) is 0 Å². The van der Waals surface area contributed by atoms with Crippen LogP contribution in [0.2, 0.25) is 0 Å². The van der Waals surface area contributed by atoms with E-state index in [-0.39, 0.29) is 6.04 Å². The number of rotatable bonds is 4. The van der Waals surface area contributed by atoms with Crippen LogP contribution < -0.4 is 11.3 Å². The zero-order chi connectivity index (χ0) is 13.8. The van der Waals surface area contributed by atoms with E-state index in [0.29, 0.717) is 0 Å². The second-order valence-corrected chi connectivity index (χ2v) is 6.44. The fourth-order valence-corrected chi connectivity index (χ4v) is 2.98. The third kappa shape index (κ3) is 4.14. The average molecular weight is 384 g/mol. The van der Waals surface area contributed by atoms with Crippen molar-refractivity contribution in [3.63, 3.8) is 0 Å². The molecule has 0 aliphatic heterocycles. The van der Waals surface area contributed by atoms with Gasteiger partial charge in [-0.25, -0.2) is 0 Å². The quantitative estimate of drug-likeness (QED) is 0.611. The van der Waals surface area contributed by atoms with E-state index < -0.39 is 0 Å². The summed E-state index contributed by atoms with van der Waals surface area (Å²) in [6, 6.07) is 14.8. The maximum Gasteiger partial charge on any atom is 0.0500 e. The summed E-state index contributed by atoms with van der Waals surface area (Å²) in [5, 5.41) is 0. The van der Waals surface area contributed by atoms with E-state index in [1.165, 1.54) is 16.7 Å². The molecule has 1 unspecified atom stereocenters. The normalized spacial score (nSPS) is 12.4. The highest BCUT2D eigenvalue weighted by atomic mass is 79.9. The van der Waals surface area contributed by atoms with Crippen LogP contribution in [0, 0.1) is 6.92 Å². The molecule has 1 atom stereocenters. The first kappa shape index (κ1) is 14.7. The Morgan fingerprint density at radius 2 is 1.74 bits per heavy atom. The second-order valence-electron chi connectivity index (χ2n) is 4.61. The molecule has 0 spiro atoms. The average Bonchev–Trinajstić information content (AvgIpc) is 2.37. The third-order valence-corrected chi connectivity index (χ3v) is 4.01. The molecule has 100 valence electrons. The van der Waals surface area contributed by atoms with E-state index in [2.05, 4.69) is 86.7 Å². The van der Waals surface area contributed by atoms with E-state index in [4.69, 9.17) is 5.84 Å². The van der Waals surface area contributed by atoms with E-state index in [1.807, 2.05) is 0 Å². The van der Waals surface area contributed by atoms with Gasteiger partial charge in [-0.3, -0.25) is 11.3 Å². The SMILES string of the molecule is Cc1cc(Br)cc(C(Cc2ccc(Br)cc2)NN)c1. The van der Waals surface area contributed by atoms with Crippen LogP contribution >= 0.6 is 31.9 Å². The topological polar surface area (TPSA) is 38.0 Å². The Hall–Kier alpha value is -0.680. The highest BCUT2D eigenvalue weighted by Crippen LogP contribution is 2.23. The summed E-state index contributed by atoms with van der Waals surface area (Å²) in [6.07, 6.45) is 0.861. The van der Waals surface area contributed by atoms with Crippen LogP contribution in [0.25, 0.3) is 0 Å². The Kier molecular flexibility index (Phi) is 5.16. The zero-order valence-electron chi connectivity index (χ0n) is 10.7. The van der Waals surface area contributed by atoms with Crippen molar-refractivity contribution in [3.05, 3.63) is 68.1 Å². The fourth-order valence-electron chi connectivity index (χ4n) is 2.09. The lowest BCUT2D eigenvalue weighted by atomic mass is 9.98. The van der Waals surface area contributed by atoms with Gasteiger partial charge in [0.1, 0.15) is 0 Å². The Balaban J connectivity index is 2.22. The number of hydrazine groups is 1. The van der Waals surface area contributed by atoms with Crippen molar-refractivity contribution in [3.8, 4) is 0 Å². The van der Waals surface area contributed by atoms with E-state index in [9.17, 15) is 0 Å². The summed E-state index contributed by atoms with van der Waals surface area (Å²) < 4.78 is 2.17. The van der Waals surface area contributed by atoms with Crippen molar-refractivity contribution in [2.75, 3.05) is 0 Å². The number of benzene rings is 2. The number of nitrogens with two attached hydrogens (primary N) is 1. The molecule has 0 saturated heterocycles. The molecule has 0 saturated carbocycles. The lowest BCUT2D eigenvalue weighted by molar-refractivity contribution is 0.551. The molecule has 0 aromatic heterocycles. The van der Waals surface area contributed by atoms with Crippen LogP contribution in [0.15, 0.2) is 51.4 Å². The number of hydrogen-bond donors (Lipinski definition) is 2. The largest absolute Gasteiger partial charge is 0.271 e. The lowest BCUT2D eigenvalue weighted by Gasteiger charge is -2.17. The van der Waals surface area contributed by atoms with Crippen LogP contribution in [0.5, 0.6) is 0 Å². The number of aryl methyl sites for hydroxylation is 1. The van der Waals surface area contributed by atoms with Crippen LogP contribution in [-0.4, -0.2) is 0 Å². The molecule has 2 aromatic rings. The van der Waals surface area contributed by atoms with Crippen molar-refractivity contribution in [1.29, 1.82) is 0 Å². The molecule has 2 nitrogen and oxygen atoms in total. The predicted molar refractivity (Wildman–Crippen MR) is 86.8 cm³/mol. The first-order chi connectivity index (χ1) is 9.08. The fraction of sp³-hybridized carbons (Fsp3) is 0.200. The van der Waals surface area contributed by atoms with E-state index in [1.54, 1.807) is 0 Å². The van der Waals surface area contributed by atoms with E-state index >= 15 is 0 Å². The summed E-state index contributed by atoms with van der Waals surface area (Å²) in [5.41, 5.74) is 6.57. The Labute approximate surface area is 130 Å². The van der Waals surface area contributed by atoms with Gasteiger partial charge in [-0.2, -0.15) is 0 Å².